The van der Waals surface area contributed by atoms with Crippen molar-refractivity contribution in [1.29, 1.82) is 0 Å². The number of nitrogens with one attached hydrogen (secondary N) is 1. The molecule has 0 heterocycles. The summed E-state index contributed by atoms with van der Waals surface area (Å²) in [6, 6.07) is 10.6. The molecule has 1 aromatic carbocycles. The van der Waals surface area contributed by atoms with Gasteiger partial charge in [0.25, 0.3) is 0 Å². The quantitative estimate of drug-likeness (QED) is 0.551. The Hall–Kier alpha value is -1.57. The maximum absolute atomic E-state index is 10.6. The van der Waals surface area contributed by atoms with Crippen LogP contribution in [0.4, 0.5) is 0 Å². The number of hydrogen-bond acceptors (Lipinski definition) is 1. The van der Waals surface area contributed by atoms with E-state index in [9.17, 15) is 4.79 Å². The molecule has 98 valence electrons. The van der Waals surface area contributed by atoms with Crippen LogP contribution in [0.3, 0.4) is 0 Å². The van der Waals surface area contributed by atoms with E-state index in [-0.39, 0.29) is 5.91 Å². The Kier molecular flexibility index (Phi) is 7.61. The average Bonchev–Trinajstić information content (AvgIpc) is 2.37. The lowest BCUT2D eigenvalue weighted by Gasteiger charge is -2.00. The van der Waals surface area contributed by atoms with E-state index in [1.807, 2.05) is 6.08 Å². The SMILES string of the molecule is CC(=O)NC/C=C/CCCCCc1ccccc1. The van der Waals surface area contributed by atoms with Gasteiger partial charge in [0.05, 0.1) is 0 Å². The monoisotopic (exact) mass is 245 g/mol. The van der Waals surface area contributed by atoms with Gasteiger partial charge in [-0.2, -0.15) is 0 Å². The first-order valence-electron chi connectivity index (χ1n) is 6.72. The predicted molar refractivity (Wildman–Crippen MR) is 76.4 cm³/mol. The van der Waals surface area contributed by atoms with Crippen LogP contribution in [-0.2, 0) is 11.2 Å². The molecule has 2 nitrogen and oxygen atoms in total. The zero-order valence-electron chi connectivity index (χ0n) is 11.2. The molecule has 1 amide bonds. The largest absolute Gasteiger partial charge is 0.353 e. The lowest BCUT2D eigenvalue weighted by atomic mass is 10.1. The summed E-state index contributed by atoms with van der Waals surface area (Å²) >= 11 is 0. The molecule has 0 spiro atoms. The highest BCUT2D eigenvalue weighted by molar-refractivity contribution is 5.72. The van der Waals surface area contributed by atoms with Gasteiger partial charge in [-0.05, 0) is 31.2 Å². The van der Waals surface area contributed by atoms with Gasteiger partial charge >= 0.3 is 0 Å². The summed E-state index contributed by atoms with van der Waals surface area (Å²) < 4.78 is 0. The maximum atomic E-state index is 10.6. The average molecular weight is 245 g/mol. The van der Waals surface area contributed by atoms with Gasteiger partial charge in [0.15, 0.2) is 0 Å². The second-order valence-electron chi connectivity index (χ2n) is 4.49. The van der Waals surface area contributed by atoms with Gasteiger partial charge in [0.1, 0.15) is 0 Å². The van der Waals surface area contributed by atoms with Gasteiger partial charge in [-0.15, -0.1) is 0 Å². The van der Waals surface area contributed by atoms with E-state index in [1.165, 1.54) is 38.2 Å². The van der Waals surface area contributed by atoms with Gasteiger partial charge in [0.2, 0.25) is 5.91 Å². The van der Waals surface area contributed by atoms with Crippen molar-refractivity contribution in [2.75, 3.05) is 6.54 Å². The fourth-order valence-electron chi connectivity index (χ4n) is 1.82. The van der Waals surface area contributed by atoms with Gasteiger partial charge in [0, 0.05) is 13.5 Å². The van der Waals surface area contributed by atoms with Gasteiger partial charge in [-0.3, -0.25) is 4.79 Å². The molecular weight excluding hydrogens is 222 g/mol. The van der Waals surface area contributed by atoms with E-state index in [2.05, 4.69) is 41.7 Å². The first-order chi connectivity index (χ1) is 8.79. The molecule has 0 unspecified atom stereocenters. The first-order valence-corrected chi connectivity index (χ1v) is 6.72. The minimum absolute atomic E-state index is 0.0301. The van der Waals surface area contributed by atoms with E-state index in [4.69, 9.17) is 0 Å². The highest BCUT2D eigenvalue weighted by Gasteiger charge is 1.91. The lowest BCUT2D eigenvalue weighted by Crippen LogP contribution is -2.19. The van der Waals surface area contributed by atoms with Crippen LogP contribution < -0.4 is 5.32 Å². The van der Waals surface area contributed by atoms with Crippen molar-refractivity contribution >= 4 is 5.91 Å². The molecule has 0 saturated heterocycles. The van der Waals surface area contributed by atoms with Crippen molar-refractivity contribution in [2.24, 2.45) is 0 Å². The minimum Gasteiger partial charge on any atom is -0.353 e. The Labute approximate surface area is 110 Å². The molecule has 18 heavy (non-hydrogen) atoms. The molecule has 0 radical (unpaired) electrons. The Bertz CT molecular complexity index is 357. The van der Waals surface area contributed by atoms with Crippen LogP contribution in [0.5, 0.6) is 0 Å². The molecule has 0 aromatic heterocycles. The number of carbonyl (C=O) groups is 1. The molecule has 0 saturated carbocycles. The number of unbranched alkanes of at least 4 members (excludes halogenated alkanes) is 3. The van der Waals surface area contributed by atoms with E-state index in [0.717, 1.165) is 6.42 Å². The van der Waals surface area contributed by atoms with E-state index in [1.54, 1.807) is 0 Å². The van der Waals surface area contributed by atoms with Crippen molar-refractivity contribution < 1.29 is 4.79 Å². The van der Waals surface area contributed by atoms with Crippen molar-refractivity contribution in [3.8, 4) is 0 Å². The Balaban J connectivity index is 1.94. The first kappa shape index (κ1) is 14.5. The summed E-state index contributed by atoms with van der Waals surface area (Å²) in [6.07, 6.45) is 10.2. The third-order valence-corrected chi connectivity index (χ3v) is 2.81. The van der Waals surface area contributed by atoms with Crippen molar-refractivity contribution in [3.05, 3.63) is 48.0 Å². The minimum atomic E-state index is 0.0301. The van der Waals surface area contributed by atoms with Gasteiger partial charge < -0.3 is 5.32 Å². The van der Waals surface area contributed by atoms with Gasteiger partial charge in [-0.1, -0.05) is 48.9 Å². The molecule has 0 bridgehead atoms. The molecule has 0 fully saturated rings. The highest BCUT2D eigenvalue weighted by atomic mass is 16.1. The third-order valence-electron chi connectivity index (χ3n) is 2.81. The fourth-order valence-corrected chi connectivity index (χ4v) is 1.82. The Morgan fingerprint density at radius 1 is 1.11 bits per heavy atom. The zero-order chi connectivity index (χ0) is 13.1. The molecule has 0 aliphatic carbocycles. The standard InChI is InChI=1S/C16H23NO/c1-15(18)17-14-10-5-3-2-4-7-11-16-12-8-6-9-13-16/h5-6,8-10,12-13H,2-4,7,11,14H2,1H3,(H,17,18)/b10-5+. The smallest absolute Gasteiger partial charge is 0.217 e. The summed E-state index contributed by atoms with van der Waals surface area (Å²) in [5, 5.41) is 2.74. The maximum Gasteiger partial charge on any atom is 0.217 e. The molecule has 0 aliphatic rings. The second kappa shape index (κ2) is 9.46. The normalized spacial score (nSPS) is 10.7. The summed E-state index contributed by atoms with van der Waals surface area (Å²) in [6.45, 7) is 2.19. The molecular formula is C16H23NO. The fraction of sp³-hybridized carbons (Fsp3) is 0.438. The van der Waals surface area contributed by atoms with Crippen LogP contribution in [0.25, 0.3) is 0 Å². The number of amides is 1. The van der Waals surface area contributed by atoms with Crippen LogP contribution >= 0.6 is 0 Å². The third kappa shape index (κ3) is 7.66. The molecule has 1 N–H and O–H groups in total. The van der Waals surface area contributed by atoms with Crippen LogP contribution in [0.1, 0.15) is 38.2 Å². The number of carbonyl (C=O) groups excluding carboxylic acids is 1. The molecule has 1 rings (SSSR count). The summed E-state index contributed by atoms with van der Waals surface area (Å²) in [7, 11) is 0. The van der Waals surface area contributed by atoms with Crippen molar-refractivity contribution in [2.45, 2.75) is 39.0 Å². The zero-order valence-corrected chi connectivity index (χ0v) is 11.2. The number of aryl methyl sites for hydroxylation is 1. The highest BCUT2D eigenvalue weighted by Crippen LogP contribution is 2.07. The number of allylic oxidation sites excluding steroid dienone is 1. The Morgan fingerprint density at radius 3 is 2.61 bits per heavy atom. The molecule has 0 atom stereocenters. The molecule has 0 aliphatic heterocycles. The number of rotatable bonds is 8. The predicted octanol–water partition coefficient (Wildman–Crippen LogP) is 3.48. The number of hydrogen-bond donors (Lipinski definition) is 1. The summed E-state index contributed by atoms with van der Waals surface area (Å²) in [4.78, 5) is 10.6. The Morgan fingerprint density at radius 2 is 1.89 bits per heavy atom. The van der Waals surface area contributed by atoms with Crippen molar-refractivity contribution in [3.63, 3.8) is 0 Å². The topological polar surface area (TPSA) is 29.1 Å². The van der Waals surface area contributed by atoms with Crippen LogP contribution in [0, 0.1) is 0 Å². The molecule has 1 aromatic rings. The lowest BCUT2D eigenvalue weighted by molar-refractivity contribution is -0.118. The van der Waals surface area contributed by atoms with Crippen LogP contribution in [-0.4, -0.2) is 12.5 Å². The summed E-state index contributed by atoms with van der Waals surface area (Å²) in [5.74, 6) is 0.0301. The summed E-state index contributed by atoms with van der Waals surface area (Å²) in [5.41, 5.74) is 1.43. The van der Waals surface area contributed by atoms with E-state index in [0.29, 0.717) is 6.54 Å². The van der Waals surface area contributed by atoms with Crippen LogP contribution in [0.2, 0.25) is 0 Å². The molecule has 2 heteroatoms. The number of benzene rings is 1. The van der Waals surface area contributed by atoms with Crippen molar-refractivity contribution in [1.82, 2.24) is 5.32 Å². The van der Waals surface area contributed by atoms with E-state index < -0.39 is 0 Å². The van der Waals surface area contributed by atoms with Gasteiger partial charge in [-0.25, -0.2) is 0 Å². The second-order valence-corrected chi connectivity index (χ2v) is 4.49. The van der Waals surface area contributed by atoms with E-state index >= 15 is 0 Å². The van der Waals surface area contributed by atoms with Crippen LogP contribution in [0.15, 0.2) is 42.5 Å².